The molecular weight excluding hydrogens is 202 g/mol. The predicted molar refractivity (Wildman–Crippen MR) is 63.4 cm³/mol. The minimum Gasteiger partial charge on any atom is -0.383 e. The number of carbonyl (C=O) groups is 1. The maximum Gasteiger partial charge on any atom is 0.136 e. The highest BCUT2D eigenvalue weighted by molar-refractivity contribution is 5.82. The molecule has 2 aliphatic rings. The number of hydrogen-bond acceptors (Lipinski definition) is 3. The summed E-state index contributed by atoms with van der Waals surface area (Å²) in [7, 11) is 1.76. The summed E-state index contributed by atoms with van der Waals surface area (Å²) in [5.41, 5.74) is 0. The molecule has 0 radical (unpaired) electrons. The number of ether oxygens (including phenoxy) is 1. The van der Waals surface area contributed by atoms with Crippen LogP contribution in [-0.4, -0.2) is 43.5 Å². The Morgan fingerprint density at radius 2 is 2.12 bits per heavy atom. The molecule has 0 spiro atoms. The molecule has 0 amide bonds. The van der Waals surface area contributed by atoms with E-state index in [2.05, 4.69) is 4.90 Å². The molecular formula is C13H23NO2. The van der Waals surface area contributed by atoms with Crippen molar-refractivity contribution in [2.24, 2.45) is 5.92 Å². The van der Waals surface area contributed by atoms with Crippen molar-refractivity contribution in [1.29, 1.82) is 0 Å². The standard InChI is InChI=1S/C13H23NO2/c1-16-10-9-14(12-5-6-12)8-7-11-3-2-4-13(11)15/h11-12H,2-10H2,1H3. The van der Waals surface area contributed by atoms with Crippen molar-refractivity contribution < 1.29 is 9.53 Å². The van der Waals surface area contributed by atoms with Crippen molar-refractivity contribution in [3.63, 3.8) is 0 Å². The Labute approximate surface area is 98.1 Å². The van der Waals surface area contributed by atoms with Gasteiger partial charge in [-0.25, -0.2) is 0 Å². The Balaban J connectivity index is 1.70. The van der Waals surface area contributed by atoms with Crippen LogP contribution in [0.1, 0.15) is 38.5 Å². The van der Waals surface area contributed by atoms with Crippen molar-refractivity contribution in [3.05, 3.63) is 0 Å². The molecule has 0 aromatic carbocycles. The molecule has 1 unspecified atom stereocenters. The number of nitrogens with zero attached hydrogens (tertiary/aromatic N) is 1. The van der Waals surface area contributed by atoms with Crippen molar-refractivity contribution in [2.75, 3.05) is 26.8 Å². The van der Waals surface area contributed by atoms with E-state index in [0.29, 0.717) is 11.7 Å². The van der Waals surface area contributed by atoms with Gasteiger partial charge >= 0.3 is 0 Å². The number of Topliss-reactive ketones (excluding diaryl/α,β-unsaturated/α-hetero) is 1. The zero-order chi connectivity index (χ0) is 11.4. The van der Waals surface area contributed by atoms with Gasteiger partial charge in [-0.3, -0.25) is 9.69 Å². The summed E-state index contributed by atoms with van der Waals surface area (Å²) in [4.78, 5) is 14.1. The van der Waals surface area contributed by atoms with Gasteiger partial charge in [0.2, 0.25) is 0 Å². The maximum absolute atomic E-state index is 11.5. The number of methoxy groups -OCH3 is 1. The Hall–Kier alpha value is -0.410. The SMILES string of the molecule is COCCN(CCC1CCCC1=O)C1CC1. The third-order valence-electron chi connectivity index (χ3n) is 3.84. The van der Waals surface area contributed by atoms with Gasteiger partial charge in [0.15, 0.2) is 0 Å². The van der Waals surface area contributed by atoms with Crippen LogP contribution in [0.4, 0.5) is 0 Å². The maximum atomic E-state index is 11.5. The molecule has 0 heterocycles. The van der Waals surface area contributed by atoms with Crippen molar-refractivity contribution >= 4 is 5.78 Å². The first kappa shape index (κ1) is 12.1. The number of rotatable bonds is 7. The second-order valence-electron chi connectivity index (χ2n) is 5.10. The molecule has 92 valence electrons. The van der Waals surface area contributed by atoms with Gasteiger partial charge in [-0.15, -0.1) is 0 Å². The van der Waals surface area contributed by atoms with E-state index < -0.39 is 0 Å². The lowest BCUT2D eigenvalue weighted by Crippen LogP contribution is -2.32. The van der Waals surface area contributed by atoms with Gasteiger partial charge in [-0.2, -0.15) is 0 Å². The van der Waals surface area contributed by atoms with Crippen LogP contribution in [0.2, 0.25) is 0 Å². The van der Waals surface area contributed by atoms with E-state index in [4.69, 9.17) is 4.74 Å². The van der Waals surface area contributed by atoms with E-state index in [0.717, 1.165) is 51.4 Å². The van der Waals surface area contributed by atoms with E-state index in [1.165, 1.54) is 12.8 Å². The van der Waals surface area contributed by atoms with Crippen LogP contribution >= 0.6 is 0 Å². The van der Waals surface area contributed by atoms with Crippen molar-refractivity contribution in [3.8, 4) is 0 Å². The largest absolute Gasteiger partial charge is 0.383 e. The van der Waals surface area contributed by atoms with Crippen LogP contribution in [-0.2, 0) is 9.53 Å². The molecule has 0 aromatic heterocycles. The molecule has 16 heavy (non-hydrogen) atoms. The fourth-order valence-corrected chi connectivity index (χ4v) is 2.64. The molecule has 2 aliphatic carbocycles. The molecule has 0 N–H and O–H groups in total. The van der Waals surface area contributed by atoms with Gasteiger partial charge in [0, 0.05) is 32.0 Å². The second kappa shape index (κ2) is 5.78. The highest BCUT2D eigenvalue weighted by Gasteiger charge is 2.30. The fraction of sp³-hybridized carbons (Fsp3) is 0.923. The molecule has 2 rings (SSSR count). The summed E-state index contributed by atoms with van der Waals surface area (Å²) < 4.78 is 5.13. The third kappa shape index (κ3) is 3.29. The minimum atomic E-state index is 0.365. The lowest BCUT2D eigenvalue weighted by atomic mass is 10.0. The smallest absolute Gasteiger partial charge is 0.136 e. The van der Waals surface area contributed by atoms with Crippen LogP contribution in [0, 0.1) is 5.92 Å². The molecule has 0 aliphatic heterocycles. The topological polar surface area (TPSA) is 29.5 Å². The first-order valence-corrected chi connectivity index (χ1v) is 6.57. The average molecular weight is 225 g/mol. The first-order chi connectivity index (χ1) is 7.81. The Kier molecular flexibility index (Phi) is 4.36. The van der Waals surface area contributed by atoms with Crippen LogP contribution in [0.3, 0.4) is 0 Å². The van der Waals surface area contributed by atoms with Gasteiger partial charge in [0.05, 0.1) is 6.61 Å². The van der Waals surface area contributed by atoms with E-state index >= 15 is 0 Å². The lowest BCUT2D eigenvalue weighted by Gasteiger charge is -2.22. The Morgan fingerprint density at radius 3 is 2.69 bits per heavy atom. The highest BCUT2D eigenvalue weighted by atomic mass is 16.5. The highest BCUT2D eigenvalue weighted by Crippen LogP contribution is 2.29. The Morgan fingerprint density at radius 1 is 1.31 bits per heavy atom. The average Bonchev–Trinajstić information content (AvgIpc) is 3.04. The quantitative estimate of drug-likeness (QED) is 0.662. The molecule has 2 fully saturated rings. The van der Waals surface area contributed by atoms with Crippen molar-refractivity contribution in [1.82, 2.24) is 4.90 Å². The van der Waals surface area contributed by atoms with Crippen LogP contribution in [0.15, 0.2) is 0 Å². The monoisotopic (exact) mass is 225 g/mol. The zero-order valence-corrected chi connectivity index (χ0v) is 10.3. The summed E-state index contributed by atoms with van der Waals surface area (Å²) in [6.45, 7) is 2.93. The fourth-order valence-electron chi connectivity index (χ4n) is 2.64. The normalized spacial score (nSPS) is 25.6. The summed E-state index contributed by atoms with van der Waals surface area (Å²) in [5, 5.41) is 0. The molecule has 3 nitrogen and oxygen atoms in total. The second-order valence-corrected chi connectivity index (χ2v) is 5.10. The van der Waals surface area contributed by atoms with Gasteiger partial charge in [-0.1, -0.05) is 0 Å². The molecule has 1 atom stereocenters. The summed E-state index contributed by atoms with van der Waals surface area (Å²) in [6, 6.07) is 0.784. The van der Waals surface area contributed by atoms with E-state index in [1.807, 2.05) is 0 Å². The van der Waals surface area contributed by atoms with Crippen molar-refractivity contribution in [2.45, 2.75) is 44.6 Å². The van der Waals surface area contributed by atoms with Gasteiger partial charge in [0.1, 0.15) is 5.78 Å². The van der Waals surface area contributed by atoms with Crippen LogP contribution in [0.5, 0.6) is 0 Å². The molecule has 0 saturated heterocycles. The minimum absolute atomic E-state index is 0.365. The number of carbonyl (C=O) groups excluding carboxylic acids is 1. The van der Waals surface area contributed by atoms with Gasteiger partial charge in [-0.05, 0) is 38.6 Å². The van der Waals surface area contributed by atoms with E-state index in [-0.39, 0.29) is 0 Å². The van der Waals surface area contributed by atoms with Gasteiger partial charge < -0.3 is 4.74 Å². The summed E-state index contributed by atoms with van der Waals surface area (Å²) in [6.07, 6.45) is 6.81. The summed E-state index contributed by atoms with van der Waals surface area (Å²) in [5.74, 6) is 0.867. The lowest BCUT2D eigenvalue weighted by molar-refractivity contribution is -0.120. The zero-order valence-electron chi connectivity index (χ0n) is 10.3. The third-order valence-corrected chi connectivity index (χ3v) is 3.84. The molecule has 2 saturated carbocycles. The Bertz CT molecular complexity index is 238. The van der Waals surface area contributed by atoms with Crippen LogP contribution in [0.25, 0.3) is 0 Å². The van der Waals surface area contributed by atoms with Crippen LogP contribution < -0.4 is 0 Å². The van der Waals surface area contributed by atoms with E-state index in [9.17, 15) is 4.79 Å². The predicted octanol–water partition coefficient (Wildman–Crippen LogP) is 1.86. The molecule has 0 aromatic rings. The van der Waals surface area contributed by atoms with E-state index in [1.54, 1.807) is 7.11 Å². The summed E-state index contributed by atoms with van der Waals surface area (Å²) >= 11 is 0. The van der Waals surface area contributed by atoms with Gasteiger partial charge in [0.25, 0.3) is 0 Å². The number of ketones is 1. The molecule has 3 heteroatoms. The molecule has 0 bridgehead atoms. The number of hydrogen-bond donors (Lipinski definition) is 0. The first-order valence-electron chi connectivity index (χ1n) is 6.57.